The Labute approximate surface area is 208 Å². The lowest BCUT2D eigenvalue weighted by Gasteiger charge is -2.35. The fraction of sp³-hybridized carbons (Fsp3) is 0.241. The Morgan fingerprint density at radius 1 is 1.08 bits per heavy atom. The Bertz CT molecular complexity index is 1340. The Morgan fingerprint density at radius 3 is 2.50 bits per heavy atom. The number of allylic oxidation sites excluding steroid dienone is 3. The van der Waals surface area contributed by atoms with Crippen molar-refractivity contribution in [1.82, 2.24) is 5.32 Å². The smallest absolute Gasteiger partial charge is 0.337 e. The van der Waals surface area contributed by atoms with Crippen LogP contribution in [-0.2, 0) is 20.9 Å². The average molecular weight is 488 g/mol. The van der Waals surface area contributed by atoms with E-state index in [-0.39, 0.29) is 30.5 Å². The van der Waals surface area contributed by atoms with Gasteiger partial charge in [-0.25, -0.2) is 9.18 Å². The second-order valence-electron chi connectivity index (χ2n) is 9.01. The molecule has 0 radical (unpaired) electrons. The van der Waals surface area contributed by atoms with Crippen LogP contribution in [0.4, 0.5) is 4.39 Å². The number of carbonyl (C=O) groups excluding carboxylic acids is 2. The number of halogens is 1. The minimum atomic E-state index is -0.665. The number of hydrogen-bond acceptors (Lipinski definition) is 6. The molecule has 0 saturated heterocycles. The molecule has 6 nitrogen and oxygen atoms in total. The summed E-state index contributed by atoms with van der Waals surface area (Å²) >= 11 is 0. The molecule has 0 fully saturated rings. The Balaban J connectivity index is 1.43. The van der Waals surface area contributed by atoms with Gasteiger partial charge in [0.25, 0.3) is 0 Å². The maximum atomic E-state index is 13.5. The van der Waals surface area contributed by atoms with E-state index in [1.165, 1.54) is 18.4 Å². The van der Waals surface area contributed by atoms with Crippen LogP contribution in [0.25, 0.3) is 0 Å². The molecule has 1 aliphatic carbocycles. The molecule has 7 heteroatoms. The first-order valence-corrected chi connectivity index (χ1v) is 11.8. The van der Waals surface area contributed by atoms with Crippen molar-refractivity contribution >= 4 is 11.8 Å². The summed E-state index contributed by atoms with van der Waals surface area (Å²) in [6.07, 6.45) is 2.36. The quantitative estimate of drug-likeness (QED) is 0.461. The fourth-order valence-corrected chi connectivity index (χ4v) is 4.97. The van der Waals surface area contributed by atoms with Crippen LogP contribution in [0.3, 0.4) is 0 Å². The van der Waals surface area contributed by atoms with Crippen molar-refractivity contribution in [3.05, 3.63) is 112 Å². The first-order valence-electron chi connectivity index (χ1n) is 11.8. The molecule has 2 atom stereocenters. The van der Waals surface area contributed by atoms with E-state index in [0.717, 1.165) is 16.8 Å². The first-order chi connectivity index (χ1) is 17.4. The lowest BCUT2D eigenvalue weighted by atomic mass is 9.73. The summed E-state index contributed by atoms with van der Waals surface area (Å²) in [7, 11) is 1.59. The van der Waals surface area contributed by atoms with Gasteiger partial charge in [-0.1, -0.05) is 24.3 Å². The van der Waals surface area contributed by atoms with Gasteiger partial charge in [0.1, 0.15) is 23.9 Å². The molecule has 36 heavy (non-hydrogen) atoms. The van der Waals surface area contributed by atoms with E-state index in [2.05, 4.69) is 5.32 Å². The highest BCUT2D eigenvalue weighted by Gasteiger charge is 2.42. The number of esters is 1. The van der Waals surface area contributed by atoms with E-state index in [9.17, 15) is 14.0 Å². The summed E-state index contributed by atoms with van der Waals surface area (Å²) in [6, 6.07) is 17.0. The van der Waals surface area contributed by atoms with Gasteiger partial charge in [0.15, 0.2) is 5.78 Å². The number of nitrogens with one attached hydrogen (secondary N) is 1. The van der Waals surface area contributed by atoms with Gasteiger partial charge in [0.05, 0.1) is 24.9 Å². The molecule has 0 amide bonds. The standard InChI is InChI=1S/C29H26FNO5/c1-17-26(29(33)36-16-18-5-11-22(34-2)12-6-18)28(25-4-3-13-35-25)27-23(31-17)14-20(15-24(27)32)19-7-9-21(30)10-8-19/h3-13,20,28,31H,14-16H2,1-2H3/t20-,28+/m0/s1. The molecule has 0 unspecified atom stereocenters. The number of ketones is 1. The zero-order valence-corrected chi connectivity index (χ0v) is 20.0. The third-order valence-electron chi connectivity index (χ3n) is 6.75. The van der Waals surface area contributed by atoms with E-state index < -0.39 is 11.9 Å². The maximum absolute atomic E-state index is 13.5. The largest absolute Gasteiger partial charge is 0.497 e. The van der Waals surface area contributed by atoms with Gasteiger partial charge in [-0.15, -0.1) is 0 Å². The molecule has 2 heterocycles. The van der Waals surface area contributed by atoms with Crippen LogP contribution in [0, 0.1) is 5.82 Å². The van der Waals surface area contributed by atoms with Gasteiger partial charge in [0.2, 0.25) is 0 Å². The van der Waals surface area contributed by atoms with Gasteiger partial charge in [-0.3, -0.25) is 4.79 Å². The number of methoxy groups -OCH3 is 1. The Hall–Kier alpha value is -4.13. The number of benzene rings is 2. The predicted molar refractivity (Wildman–Crippen MR) is 130 cm³/mol. The van der Waals surface area contributed by atoms with Crippen molar-refractivity contribution in [2.24, 2.45) is 0 Å². The van der Waals surface area contributed by atoms with E-state index >= 15 is 0 Å². The van der Waals surface area contributed by atoms with E-state index in [4.69, 9.17) is 13.9 Å². The third-order valence-corrected chi connectivity index (χ3v) is 6.75. The molecular weight excluding hydrogens is 461 g/mol. The van der Waals surface area contributed by atoms with Crippen molar-refractivity contribution < 1.29 is 27.9 Å². The van der Waals surface area contributed by atoms with Gasteiger partial charge in [-0.05, 0) is 66.8 Å². The number of dihydropyridines is 1. The molecule has 2 aliphatic rings. The summed E-state index contributed by atoms with van der Waals surface area (Å²) in [5.41, 5.74) is 3.96. The van der Waals surface area contributed by atoms with Crippen LogP contribution >= 0.6 is 0 Å². The van der Waals surface area contributed by atoms with Crippen LogP contribution in [0.2, 0.25) is 0 Å². The Kier molecular flexibility index (Phi) is 6.46. The minimum absolute atomic E-state index is 0.0765. The van der Waals surface area contributed by atoms with Gasteiger partial charge in [0, 0.05) is 23.4 Å². The lowest BCUT2D eigenvalue weighted by molar-refractivity contribution is -0.140. The van der Waals surface area contributed by atoms with Gasteiger partial charge >= 0.3 is 5.97 Å². The van der Waals surface area contributed by atoms with Crippen LogP contribution in [0.5, 0.6) is 5.75 Å². The fourth-order valence-electron chi connectivity index (χ4n) is 4.97. The summed E-state index contributed by atoms with van der Waals surface area (Å²) in [5.74, 6) is -0.435. The van der Waals surface area contributed by atoms with Crippen molar-refractivity contribution in [2.45, 2.75) is 38.2 Å². The van der Waals surface area contributed by atoms with E-state index in [1.807, 2.05) is 12.1 Å². The number of furan rings is 1. The summed E-state index contributed by atoms with van der Waals surface area (Å²) in [5, 5.41) is 3.30. The molecule has 2 aromatic carbocycles. The van der Waals surface area contributed by atoms with Crippen LogP contribution in [-0.4, -0.2) is 18.9 Å². The van der Waals surface area contributed by atoms with Gasteiger partial charge < -0.3 is 19.2 Å². The lowest BCUT2D eigenvalue weighted by Crippen LogP contribution is -2.36. The number of carbonyl (C=O) groups is 2. The monoisotopic (exact) mass is 487 g/mol. The number of rotatable bonds is 6. The minimum Gasteiger partial charge on any atom is -0.497 e. The average Bonchev–Trinajstić information content (AvgIpc) is 3.42. The SMILES string of the molecule is COc1ccc(COC(=O)C2=C(C)NC3=C(C(=O)C[C@@H](c4ccc(F)cc4)C3)[C@@H]2c2ccco2)cc1. The third kappa shape index (κ3) is 4.56. The highest BCUT2D eigenvalue weighted by Crippen LogP contribution is 2.45. The van der Waals surface area contributed by atoms with E-state index in [1.54, 1.807) is 50.4 Å². The summed E-state index contributed by atoms with van der Waals surface area (Å²) < 4.78 is 30.0. The zero-order valence-electron chi connectivity index (χ0n) is 20.0. The van der Waals surface area contributed by atoms with Crippen molar-refractivity contribution in [2.75, 3.05) is 7.11 Å². The van der Waals surface area contributed by atoms with Crippen molar-refractivity contribution in [3.63, 3.8) is 0 Å². The molecular formula is C29H26FNO5. The van der Waals surface area contributed by atoms with Crippen molar-refractivity contribution in [1.29, 1.82) is 0 Å². The first kappa shape index (κ1) is 23.6. The number of Topliss-reactive ketones (excluding diaryl/α,β-unsaturated/α-hetero) is 1. The van der Waals surface area contributed by atoms with Gasteiger partial charge in [-0.2, -0.15) is 0 Å². The number of hydrogen-bond donors (Lipinski definition) is 1. The maximum Gasteiger partial charge on any atom is 0.337 e. The van der Waals surface area contributed by atoms with Crippen LogP contribution in [0.15, 0.2) is 93.9 Å². The second kappa shape index (κ2) is 9.85. The molecule has 3 aromatic rings. The highest BCUT2D eigenvalue weighted by atomic mass is 19.1. The molecule has 0 bridgehead atoms. The molecule has 0 spiro atoms. The van der Waals surface area contributed by atoms with Crippen LogP contribution in [0.1, 0.15) is 48.5 Å². The zero-order chi connectivity index (χ0) is 25.2. The Morgan fingerprint density at radius 2 is 1.83 bits per heavy atom. The molecule has 1 aliphatic heterocycles. The molecule has 1 aromatic heterocycles. The van der Waals surface area contributed by atoms with Crippen LogP contribution < -0.4 is 10.1 Å². The molecule has 1 N–H and O–H groups in total. The number of ether oxygens (including phenoxy) is 2. The van der Waals surface area contributed by atoms with E-state index in [0.29, 0.717) is 34.8 Å². The second-order valence-corrected chi connectivity index (χ2v) is 9.01. The normalized spacial score (nSPS) is 19.6. The summed E-state index contributed by atoms with van der Waals surface area (Å²) in [4.78, 5) is 26.9. The van der Waals surface area contributed by atoms with Crippen molar-refractivity contribution in [3.8, 4) is 5.75 Å². The molecule has 184 valence electrons. The molecule has 0 saturated carbocycles. The predicted octanol–water partition coefficient (Wildman–Crippen LogP) is 5.53. The summed E-state index contributed by atoms with van der Waals surface area (Å²) in [6.45, 7) is 1.88. The molecule has 5 rings (SSSR count). The topological polar surface area (TPSA) is 77.8 Å². The highest BCUT2D eigenvalue weighted by molar-refractivity contribution is 6.04.